The second kappa shape index (κ2) is 6.34. The largest absolute Gasteiger partial charge is 0.497 e. The number of carbonyl (C=O) groups excluding carboxylic acids is 1. The van der Waals surface area contributed by atoms with E-state index in [0.717, 1.165) is 17.5 Å². The lowest BCUT2D eigenvalue weighted by molar-refractivity contribution is -0.113. The number of amides is 1. The van der Waals surface area contributed by atoms with Crippen molar-refractivity contribution in [3.63, 3.8) is 0 Å². The number of nitrogens with one attached hydrogen (secondary N) is 1. The Kier molecular flexibility index (Phi) is 5.07. The number of hydrogen-bond acceptors (Lipinski definition) is 4. The number of thiocarbonyl (C=S) groups is 1. The molecule has 16 heavy (non-hydrogen) atoms. The standard InChI is InChI=1S/C10H12N2O2S2/c1-14-8-4-2-7(3-5-8)12-9(13)6-16-10(11)15/h2-5H,6H2,1H3,(H2,11,15)(H,12,13). The van der Waals surface area contributed by atoms with Crippen molar-refractivity contribution >= 4 is 39.9 Å². The Balaban J connectivity index is 2.46. The number of hydrogen-bond donors (Lipinski definition) is 2. The average molecular weight is 256 g/mol. The molecule has 1 aromatic carbocycles. The van der Waals surface area contributed by atoms with Gasteiger partial charge in [0.2, 0.25) is 5.91 Å². The Morgan fingerprint density at radius 2 is 2.12 bits per heavy atom. The van der Waals surface area contributed by atoms with Gasteiger partial charge in [-0.3, -0.25) is 4.79 Å². The van der Waals surface area contributed by atoms with Crippen molar-refractivity contribution < 1.29 is 9.53 Å². The molecule has 0 heterocycles. The number of thioether (sulfide) groups is 1. The van der Waals surface area contributed by atoms with Crippen LogP contribution in [0, 0.1) is 0 Å². The number of anilines is 1. The molecule has 0 spiro atoms. The van der Waals surface area contributed by atoms with E-state index in [1.165, 1.54) is 0 Å². The van der Waals surface area contributed by atoms with Gasteiger partial charge in [-0.05, 0) is 24.3 Å². The van der Waals surface area contributed by atoms with Crippen molar-refractivity contribution in [1.82, 2.24) is 0 Å². The maximum absolute atomic E-state index is 11.4. The molecule has 3 N–H and O–H groups in total. The van der Waals surface area contributed by atoms with Gasteiger partial charge in [-0.25, -0.2) is 0 Å². The van der Waals surface area contributed by atoms with E-state index in [1.807, 2.05) is 0 Å². The van der Waals surface area contributed by atoms with Gasteiger partial charge in [-0.1, -0.05) is 24.0 Å². The Bertz CT molecular complexity index is 379. The fourth-order valence-corrected chi connectivity index (χ4v) is 1.53. The molecule has 0 saturated heterocycles. The molecule has 1 amide bonds. The average Bonchev–Trinajstić information content (AvgIpc) is 2.27. The zero-order valence-electron chi connectivity index (χ0n) is 8.73. The van der Waals surface area contributed by atoms with Crippen LogP contribution in [0.3, 0.4) is 0 Å². The van der Waals surface area contributed by atoms with Crippen LogP contribution in [0.5, 0.6) is 5.75 Å². The molecule has 0 unspecified atom stereocenters. The maximum atomic E-state index is 11.4. The molecule has 6 heteroatoms. The number of methoxy groups -OCH3 is 1. The van der Waals surface area contributed by atoms with E-state index in [-0.39, 0.29) is 16.0 Å². The molecule has 0 aliphatic carbocycles. The minimum atomic E-state index is -0.136. The van der Waals surface area contributed by atoms with Crippen LogP contribution in [-0.2, 0) is 4.79 Å². The van der Waals surface area contributed by atoms with Gasteiger partial charge in [-0.2, -0.15) is 0 Å². The van der Waals surface area contributed by atoms with Gasteiger partial charge in [0.1, 0.15) is 10.1 Å². The van der Waals surface area contributed by atoms with Crippen molar-refractivity contribution in [3.05, 3.63) is 24.3 Å². The topological polar surface area (TPSA) is 64.3 Å². The third-order valence-corrected chi connectivity index (χ3v) is 2.76. The molecule has 0 bridgehead atoms. The first-order valence-corrected chi connectivity index (χ1v) is 5.87. The molecule has 86 valence electrons. The van der Waals surface area contributed by atoms with Crippen LogP contribution in [0.2, 0.25) is 0 Å². The van der Waals surface area contributed by atoms with Gasteiger partial charge in [0.15, 0.2) is 0 Å². The normalized spacial score (nSPS) is 9.56. The highest BCUT2D eigenvalue weighted by molar-refractivity contribution is 8.23. The van der Waals surface area contributed by atoms with E-state index in [1.54, 1.807) is 31.4 Å². The van der Waals surface area contributed by atoms with E-state index in [2.05, 4.69) is 17.5 Å². The molecule has 0 aliphatic rings. The summed E-state index contributed by atoms with van der Waals surface area (Å²) in [4.78, 5) is 11.4. The summed E-state index contributed by atoms with van der Waals surface area (Å²) in [7, 11) is 1.59. The fourth-order valence-electron chi connectivity index (χ4n) is 1.01. The Labute approximate surface area is 104 Å². The third-order valence-electron chi connectivity index (χ3n) is 1.72. The monoisotopic (exact) mass is 256 g/mol. The lowest BCUT2D eigenvalue weighted by atomic mass is 10.3. The van der Waals surface area contributed by atoms with Crippen molar-refractivity contribution in [2.24, 2.45) is 5.73 Å². The fraction of sp³-hybridized carbons (Fsp3) is 0.200. The van der Waals surface area contributed by atoms with Gasteiger partial charge < -0.3 is 15.8 Å². The van der Waals surface area contributed by atoms with E-state index < -0.39 is 0 Å². The van der Waals surface area contributed by atoms with Gasteiger partial charge in [-0.15, -0.1) is 0 Å². The molecular weight excluding hydrogens is 244 g/mol. The Hall–Kier alpha value is -1.27. The van der Waals surface area contributed by atoms with Crippen LogP contribution < -0.4 is 15.8 Å². The second-order valence-corrected chi connectivity index (χ2v) is 4.60. The van der Waals surface area contributed by atoms with Crippen molar-refractivity contribution in [1.29, 1.82) is 0 Å². The van der Waals surface area contributed by atoms with Gasteiger partial charge >= 0.3 is 0 Å². The van der Waals surface area contributed by atoms with Crippen LogP contribution in [0.25, 0.3) is 0 Å². The summed E-state index contributed by atoms with van der Waals surface area (Å²) in [5.41, 5.74) is 5.99. The highest BCUT2D eigenvalue weighted by atomic mass is 32.2. The highest BCUT2D eigenvalue weighted by Gasteiger charge is 2.03. The molecule has 0 radical (unpaired) electrons. The zero-order valence-corrected chi connectivity index (χ0v) is 10.4. The molecular formula is C10H12N2O2S2. The van der Waals surface area contributed by atoms with Gasteiger partial charge in [0.05, 0.1) is 12.9 Å². The van der Waals surface area contributed by atoms with Gasteiger partial charge in [0.25, 0.3) is 0 Å². The van der Waals surface area contributed by atoms with Crippen LogP contribution in [-0.4, -0.2) is 23.1 Å². The summed E-state index contributed by atoms with van der Waals surface area (Å²) >= 11 is 5.79. The molecule has 0 saturated carbocycles. The summed E-state index contributed by atoms with van der Waals surface area (Å²) in [6.45, 7) is 0. The minimum Gasteiger partial charge on any atom is -0.497 e. The van der Waals surface area contributed by atoms with Crippen molar-refractivity contribution in [2.45, 2.75) is 0 Å². The van der Waals surface area contributed by atoms with Crippen LogP contribution >= 0.6 is 24.0 Å². The summed E-state index contributed by atoms with van der Waals surface area (Å²) in [5, 5.41) is 2.72. The highest BCUT2D eigenvalue weighted by Crippen LogP contribution is 2.15. The number of carbonyl (C=O) groups is 1. The lowest BCUT2D eigenvalue weighted by Crippen LogP contribution is -2.16. The predicted molar refractivity (Wildman–Crippen MR) is 70.9 cm³/mol. The smallest absolute Gasteiger partial charge is 0.234 e. The first-order chi connectivity index (χ1) is 7.61. The molecule has 0 aromatic heterocycles. The van der Waals surface area contributed by atoms with Crippen LogP contribution in [0.15, 0.2) is 24.3 Å². The van der Waals surface area contributed by atoms with Crippen LogP contribution in [0.4, 0.5) is 5.69 Å². The molecule has 0 fully saturated rings. The number of ether oxygens (including phenoxy) is 1. The van der Waals surface area contributed by atoms with Crippen LogP contribution in [0.1, 0.15) is 0 Å². The van der Waals surface area contributed by atoms with Crippen molar-refractivity contribution in [3.8, 4) is 5.75 Å². The number of rotatable bonds is 4. The summed E-state index contributed by atoms with van der Waals surface area (Å²) in [6, 6.07) is 7.08. The summed E-state index contributed by atoms with van der Waals surface area (Å²) in [5.74, 6) is 0.833. The molecule has 0 aliphatic heterocycles. The Morgan fingerprint density at radius 1 is 1.50 bits per heavy atom. The van der Waals surface area contributed by atoms with E-state index in [9.17, 15) is 4.79 Å². The molecule has 1 aromatic rings. The maximum Gasteiger partial charge on any atom is 0.234 e. The van der Waals surface area contributed by atoms with E-state index >= 15 is 0 Å². The number of benzene rings is 1. The first-order valence-electron chi connectivity index (χ1n) is 4.48. The lowest BCUT2D eigenvalue weighted by Gasteiger charge is -2.05. The van der Waals surface area contributed by atoms with Crippen molar-refractivity contribution in [2.75, 3.05) is 18.2 Å². The quantitative estimate of drug-likeness (QED) is 0.801. The summed E-state index contributed by atoms with van der Waals surface area (Å²) < 4.78 is 5.27. The Morgan fingerprint density at radius 3 is 2.62 bits per heavy atom. The van der Waals surface area contributed by atoms with E-state index in [4.69, 9.17) is 10.5 Å². The summed E-state index contributed by atoms with van der Waals surface area (Å²) in [6.07, 6.45) is 0. The zero-order chi connectivity index (χ0) is 12.0. The predicted octanol–water partition coefficient (Wildman–Crippen LogP) is 1.61. The van der Waals surface area contributed by atoms with E-state index in [0.29, 0.717) is 5.69 Å². The van der Waals surface area contributed by atoms with Gasteiger partial charge in [0, 0.05) is 5.69 Å². The molecule has 4 nitrogen and oxygen atoms in total. The molecule has 1 rings (SSSR count). The minimum absolute atomic E-state index is 0.136. The second-order valence-electron chi connectivity index (χ2n) is 2.88. The molecule has 0 atom stereocenters. The number of nitrogens with two attached hydrogens (primary N) is 1. The SMILES string of the molecule is COc1ccc(NC(=O)CSC(N)=S)cc1. The third kappa shape index (κ3) is 4.50. The first kappa shape index (κ1) is 12.8.